The molecule has 0 aliphatic rings. The molecule has 0 spiro atoms. The van der Waals surface area contributed by atoms with Crippen molar-refractivity contribution in [2.75, 3.05) is 12.4 Å². The van der Waals surface area contributed by atoms with Gasteiger partial charge in [0.1, 0.15) is 5.82 Å². The third-order valence-electron chi connectivity index (χ3n) is 3.69. The lowest BCUT2D eigenvalue weighted by atomic mass is 10.2. The van der Waals surface area contributed by atoms with Gasteiger partial charge in [0.05, 0.1) is 18.2 Å². The number of aryl methyl sites for hydroxylation is 1. The van der Waals surface area contributed by atoms with Crippen LogP contribution in [0, 0.1) is 0 Å². The Morgan fingerprint density at radius 1 is 1.21 bits per heavy atom. The molecule has 0 fully saturated rings. The van der Waals surface area contributed by atoms with Crippen LogP contribution in [-0.4, -0.2) is 28.4 Å². The van der Waals surface area contributed by atoms with Gasteiger partial charge in [0.15, 0.2) is 5.69 Å². The minimum absolute atomic E-state index is 0.319. The Labute approximate surface area is 139 Å². The van der Waals surface area contributed by atoms with Crippen LogP contribution in [-0.2, 0) is 11.2 Å². The number of pyridine rings is 1. The first-order valence-electron chi connectivity index (χ1n) is 7.59. The maximum absolute atomic E-state index is 12.6. The Kier molecular flexibility index (Phi) is 4.29. The highest BCUT2D eigenvalue weighted by Gasteiger charge is 2.17. The predicted molar refractivity (Wildman–Crippen MR) is 90.3 cm³/mol. The van der Waals surface area contributed by atoms with Crippen molar-refractivity contribution in [3.05, 3.63) is 65.7 Å². The number of ether oxygens (including phenoxy) is 1. The van der Waals surface area contributed by atoms with Crippen LogP contribution in [0.25, 0.3) is 5.52 Å². The molecule has 24 heavy (non-hydrogen) atoms. The molecule has 0 radical (unpaired) electrons. The Morgan fingerprint density at radius 2 is 2.04 bits per heavy atom. The van der Waals surface area contributed by atoms with Crippen molar-refractivity contribution in [2.24, 2.45) is 0 Å². The molecule has 3 rings (SSSR count). The molecule has 1 aromatic carbocycles. The van der Waals surface area contributed by atoms with Crippen molar-refractivity contribution in [3.63, 3.8) is 0 Å². The summed E-state index contributed by atoms with van der Waals surface area (Å²) in [5.41, 5.74) is 1.99. The summed E-state index contributed by atoms with van der Waals surface area (Å²) in [6.45, 7) is 1.99. The number of hydrogen-bond donors (Lipinski definition) is 1. The maximum Gasteiger partial charge on any atom is 0.337 e. The van der Waals surface area contributed by atoms with Gasteiger partial charge in [0, 0.05) is 18.3 Å². The van der Waals surface area contributed by atoms with Gasteiger partial charge in [-0.15, -0.1) is 0 Å². The van der Waals surface area contributed by atoms with Crippen molar-refractivity contribution in [1.82, 2.24) is 9.38 Å². The van der Waals surface area contributed by atoms with Crippen LogP contribution in [0.1, 0.15) is 33.6 Å². The number of carbonyl (C=O) groups excluding carboxylic acids is 2. The zero-order chi connectivity index (χ0) is 17.1. The molecule has 0 saturated heterocycles. The number of nitrogens with one attached hydrogen (secondary N) is 1. The first-order chi connectivity index (χ1) is 11.6. The van der Waals surface area contributed by atoms with E-state index in [-0.39, 0.29) is 5.91 Å². The lowest BCUT2D eigenvalue weighted by Gasteiger charge is -2.05. The van der Waals surface area contributed by atoms with Crippen molar-refractivity contribution < 1.29 is 14.3 Å². The molecule has 3 aromatic rings. The van der Waals surface area contributed by atoms with Gasteiger partial charge in [-0.3, -0.25) is 4.79 Å². The number of benzene rings is 1. The first kappa shape index (κ1) is 15.7. The van der Waals surface area contributed by atoms with Crippen LogP contribution in [0.3, 0.4) is 0 Å². The third-order valence-corrected chi connectivity index (χ3v) is 3.69. The summed E-state index contributed by atoms with van der Waals surface area (Å²) in [5, 5.41) is 2.78. The van der Waals surface area contributed by atoms with E-state index >= 15 is 0 Å². The largest absolute Gasteiger partial charge is 0.465 e. The van der Waals surface area contributed by atoms with Gasteiger partial charge in [0.25, 0.3) is 5.91 Å². The van der Waals surface area contributed by atoms with Gasteiger partial charge in [-0.1, -0.05) is 19.1 Å². The van der Waals surface area contributed by atoms with E-state index in [1.54, 1.807) is 24.3 Å². The minimum Gasteiger partial charge on any atom is -0.465 e. The van der Waals surface area contributed by atoms with Crippen LogP contribution < -0.4 is 5.32 Å². The number of aromatic nitrogens is 2. The number of methoxy groups -OCH3 is 1. The fraction of sp³-hybridized carbons (Fsp3) is 0.167. The zero-order valence-corrected chi connectivity index (χ0v) is 13.4. The van der Waals surface area contributed by atoms with Crippen LogP contribution in [0.15, 0.2) is 48.7 Å². The van der Waals surface area contributed by atoms with Gasteiger partial charge in [-0.2, -0.15) is 0 Å². The number of fused-ring (bicyclic) bond motifs is 1. The van der Waals surface area contributed by atoms with Gasteiger partial charge >= 0.3 is 5.97 Å². The van der Waals surface area contributed by atoms with E-state index in [9.17, 15) is 9.59 Å². The molecular formula is C18H17N3O3. The molecule has 0 unspecified atom stereocenters. The number of anilines is 1. The number of hydrogen-bond acceptors (Lipinski definition) is 4. The third kappa shape index (κ3) is 2.86. The number of carbonyl (C=O) groups is 2. The quantitative estimate of drug-likeness (QED) is 0.749. The molecule has 0 saturated carbocycles. The predicted octanol–water partition coefficient (Wildman–Crippen LogP) is 2.94. The summed E-state index contributed by atoms with van der Waals surface area (Å²) in [7, 11) is 1.32. The lowest BCUT2D eigenvalue weighted by molar-refractivity contribution is 0.0600. The summed E-state index contributed by atoms with van der Waals surface area (Å²) in [6, 6.07) is 12.2. The molecule has 1 N–H and O–H groups in total. The Bertz CT molecular complexity index is 915. The molecule has 6 heteroatoms. The van der Waals surface area contributed by atoms with E-state index in [0.29, 0.717) is 16.9 Å². The van der Waals surface area contributed by atoms with E-state index in [1.165, 1.54) is 7.11 Å². The van der Waals surface area contributed by atoms with Crippen molar-refractivity contribution in [2.45, 2.75) is 13.3 Å². The molecule has 1 amide bonds. The normalized spacial score (nSPS) is 10.6. The van der Waals surface area contributed by atoms with E-state index < -0.39 is 5.97 Å². The molecular weight excluding hydrogens is 306 g/mol. The number of esters is 1. The standard InChI is InChI=1S/C18H17N3O3/c1-3-15-20-16(14-9-4-5-10-21(14)15)17(22)19-13-8-6-7-12(11-13)18(23)24-2/h4-11H,3H2,1-2H3,(H,19,22). The minimum atomic E-state index is -0.452. The maximum atomic E-state index is 12.6. The van der Waals surface area contributed by atoms with Crippen molar-refractivity contribution >= 4 is 23.1 Å². The van der Waals surface area contributed by atoms with Gasteiger partial charge in [-0.25, -0.2) is 9.78 Å². The number of rotatable bonds is 4. The van der Waals surface area contributed by atoms with E-state index in [2.05, 4.69) is 15.0 Å². The summed E-state index contributed by atoms with van der Waals surface area (Å²) >= 11 is 0. The topological polar surface area (TPSA) is 72.7 Å². The smallest absolute Gasteiger partial charge is 0.337 e. The molecule has 122 valence electrons. The second-order valence-corrected chi connectivity index (χ2v) is 5.21. The lowest BCUT2D eigenvalue weighted by Crippen LogP contribution is -2.13. The van der Waals surface area contributed by atoms with E-state index in [1.807, 2.05) is 35.7 Å². The highest BCUT2D eigenvalue weighted by molar-refractivity contribution is 6.08. The molecule has 0 bridgehead atoms. The second kappa shape index (κ2) is 6.54. The Balaban J connectivity index is 1.92. The van der Waals surface area contributed by atoms with Crippen LogP contribution in [0.4, 0.5) is 5.69 Å². The highest BCUT2D eigenvalue weighted by atomic mass is 16.5. The molecule has 0 atom stereocenters. The Morgan fingerprint density at radius 3 is 2.79 bits per heavy atom. The molecule has 2 aromatic heterocycles. The number of imidazole rings is 1. The summed E-state index contributed by atoms with van der Waals surface area (Å²) in [6.07, 6.45) is 2.60. The van der Waals surface area contributed by atoms with Crippen molar-refractivity contribution in [1.29, 1.82) is 0 Å². The second-order valence-electron chi connectivity index (χ2n) is 5.21. The highest BCUT2D eigenvalue weighted by Crippen LogP contribution is 2.17. The molecule has 0 aliphatic carbocycles. The van der Waals surface area contributed by atoms with Crippen LogP contribution >= 0.6 is 0 Å². The Hall–Kier alpha value is -3.15. The van der Waals surface area contributed by atoms with Gasteiger partial charge in [-0.05, 0) is 30.3 Å². The average Bonchev–Trinajstić information content (AvgIpc) is 3.00. The SMILES string of the molecule is CCc1nc(C(=O)Nc2cccc(C(=O)OC)c2)c2ccccn12. The molecule has 6 nitrogen and oxygen atoms in total. The first-order valence-corrected chi connectivity index (χ1v) is 7.59. The number of nitrogens with zero attached hydrogens (tertiary/aromatic N) is 2. The monoisotopic (exact) mass is 323 g/mol. The van der Waals surface area contributed by atoms with E-state index in [4.69, 9.17) is 0 Å². The number of amides is 1. The van der Waals surface area contributed by atoms with Gasteiger partial charge < -0.3 is 14.5 Å². The van der Waals surface area contributed by atoms with Crippen LogP contribution in [0.5, 0.6) is 0 Å². The average molecular weight is 323 g/mol. The fourth-order valence-electron chi connectivity index (χ4n) is 2.55. The van der Waals surface area contributed by atoms with Crippen molar-refractivity contribution in [3.8, 4) is 0 Å². The summed E-state index contributed by atoms with van der Waals surface area (Å²) in [4.78, 5) is 28.6. The fourth-order valence-corrected chi connectivity index (χ4v) is 2.55. The van der Waals surface area contributed by atoms with Gasteiger partial charge in [0.2, 0.25) is 0 Å². The molecule has 0 aliphatic heterocycles. The molecule has 2 heterocycles. The zero-order valence-electron chi connectivity index (χ0n) is 13.4. The van der Waals surface area contributed by atoms with E-state index in [0.717, 1.165) is 17.8 Å². The summed E-state index contributed by atoms with van der Waals surface area (Å²) in [5.74, 6) is 0.0475. The summed E-state index contributed by atoms with van der Waals surface area (Å²) < 4.78 is 6.59. The van der Waals surface area contributed by atoms with Crippen LogP contribution in [0.2, 0.25) is 0 Å².